The molecule has 0 saturated heterocycles. The highest BCUT2D eigenvalue weighted by Crippen LogP contribution is 2.21. The Hall–Kier alpha value is -3.58. The van der Waals surface area contributed by atoms with Crippen molar-refractivity contribution in [1.82, 2.24) is 20.3 Å². The Bertz CT molecular complexity index is 1200. The van der Waals surface area contributed by atoms with Crippen molar-refractivity contribution in [2.45, 2.75) is 19.4 Å². The fourth-order valence-electron chi connectivity index (χ4n) is 3.18. The van der Waals surface area contributed by atoms with Gasteiger partial charge in [0.2, 0.25) is 0 Å². The van der Waals surface area contributed by atoms with Gasteiger partial charge in [0, 0.05) is 35.3 Å². The molecule has 0 aliphatic carbocycles. The highest BCUT2D eigenvalue weighted by molar-refractivity contribution is 7.13. The number of H-pyrrole nitrogens is 1. The third-order valence-corrected chi connectivity index (χ3v) is 5.61. The second kappa shape index (κ2) is 8.84. The first-order valence-electron chi connectivity index (χ1n) is 9.51. The predicted octanol–water partition coefficient (Wildman–Crippen LogP) is 3.92. The third kappa shape index (κ3) is 4.69. The Morgan fingerprint density at radius 1 is 1.13 bits per heavy atom. The molecular weight excluding hydrogens is 396 g/mol. The van der Waals surface area contributed by atoms with Gasteiger partial charge in [0.05, 0.1) is 16.6 Å². The molecule has 1 amide bonds. The van der Waals surface area contributed by atoms with Crippen LogP contribution in [0.3, 0.4) is 0 Å². The first-order chi connectivity index (χ1) is 14.6. The summed E-state index contributed by atoms with van der Waals surface area (Å²) in [7, 11) is 0. The Balaban J connectivity index is 1.64. The number of rotatable bonds is 6. The molecule has 30 heavy (non-hydrogen) atoms. The molecule has 1 atom stereocenters. The molecule has 3 heterocycles. The number of nitrogens with one attached hydrogen (secondary N) is 2. The van der Waals surface area contributed by atoms with Crippen molar-refractivity contribution in [2.75, 3.05) is 0 Å². The van der Waals surface area contributed by atoms with E-state index in [1.54, 1.807) is 18.5 Å². The second-order valence-corrected chi connectivity index (χ2v) is 8.17. The van der Waals surface area contributed by atoms with E-state index in [4.69, 9.17) is 0 Å². The monoisotopic (exact) mass is 416 g/mol. The van der Waals surface area contributed by atoms with E-state index in [0.29, 0.717) is 22.8 Å². The van der Waals surface area contributed by atoms with Crippen LogP contribution in [0.5, 0.6) is 0 Å². The van der Waals surface area contributed by atoms with E-state index in [2.05, 4.69) is 20.3 Å². The van der Waals surface area contributed by atoms with Gasteiger partial charge in [-0.1, -0.05) is 30.3 Å². The summed E-state index contributed by atoms with van der Waals surface area (Å²) in [5.74, 6) is 0.317. The smallest absolute Gasteiger partial charge is 0.261 e. The van der Waals surface area contributed by atoms with Gasteiger partial charge in [-0.3, -0.25) is 14.6 Å². The minimum atomic E-state index is -0.322. The van der Waals surface area contributed by atoms with Crippen molar-refractivity contribution in [3.05, 3.63) is 104 Å². The van der Waals surface area contributed by atoms with Gasteiger partial charge in [-0.15, -0.1) is 11.3 Å². The fraction of sp³-hybridized carbons (Fsp3) is 0.130. The average Bonchev–Trinajstić information content (AvgIpc) is 3.20. The van der Waals surface area contributed by atoms with Crippen LogP contribution >= 0.6 is 11.3 Å². The molecule has 1 aromatic carbocycles. The summed E-state index contributed by atoms with van der Waals surface area (Å²) in [6, 6.07) is 18.2. The number of aromatic nitrogens is 3. The molecule has 6 nitrogen and oxygen atoms in total. The lowest BCUT2D eigenvalue weighted by molar-refractivity contribution is 0.0940. The third-order valence-electron chi connectivity index (χ3n) is 4.61. The number of carbonyl (C=O) groups excluding carboxylic acids is 1. The minimum absolute atomic E-state index is 0.140. The molecule has 0 fully saturated rings. The number of amides is 1. The number of hydrogen-bond donors (Lipinski definition) is 2. The highest BCUT2D eigenvalue weighted by Gasteiger charge is 2.19. The van der Waals surface area contributed by atoms with Crippen LogP contribution in [0.25, 0.3) is 11.4 Å². The van der Waals surface area contributed by atoms with Crippen LogP contribution in [0.1, 0.15) is 31.8 Å². The van der Waals surface area contributed by atoms with Crippen molar-refractivity contribution in [3.8, 4) is 11.4 Å². The van der Waals surface area contributed by atoms with Gasteiger partial charge in [-0.25, -0.2) is 4.98 Å². The lowest BCUT2D eigenvalue weighted by Crippen LogP contribution is -2.30. The molecule has 150 valence electrons. The summed E-state index contributed by atoms with van der Waals surface area (Å²) in [6.07, 6.45) is 3.70. The van der Waals surface area contributed by atoms with Gasteiger partial charge < -0.3 is 10.3 Å². The summed E-state index contributed by atoms with van der Waals surface area (Å²) < 4.78 is 0. The quantitative estimate of drug-likeness (QED) is 0.499. The van der Waals surface area contributed by atoms with Gasteiger partial charge in [0.15, 0.2) is 0 Å². The Kier molecular flexibility index (Phi) is 5.81. The predicted molar refractivity (Wildman–Crippen MR) is 117 cm³/mol. The van der Waals surface area contributed by atoms with Gasteiger partial charge >= 0.3 is 0 Å². The Morgan fingerprint density at radius 2 is 1.97 bits per heavy atom. The minimum Gasteiger partial charge on any atom is -0.344 e. The maximum absolute atomic E-state index is 12.8. The van der Waals surface area contributed by atoms with Gasteiger partial charge in [-0.2, -0.15) is 0 Å². The number of nitrogens with zero attached hydrogens (tertiary/aromatic N) is 2. The van der Waals surface area contributed by atoms with Crippen molar-refractivity contribution in [3.63, 3.8) is 0 Å². The Morgan fingerprint density at radius 3 is 2.67 bits per heavy atom. The van der Waals surface area contributed by atoms with Crippen LogP contribution in [0.15, 0.2) is 77.9 Å². The number of carbonyl (C=O) groups is 1. The lowest BCUT2D eigenvalue weighted by Gasteiger charge is -2.19. The average molecular weight is 417 g/mol. The molecule has 0 bridgehead atoms. The van der Waals surface area contributed by atoms with Crippen LogP contribution in [0.2, 0.25) is 0 Å². The van der Waals surface area contributed by atoms with Crippen molar-refractivity contribution in [1.29, 1.82) is 0 Å². The molecule has 4 rings (SSSR count). The summed E-state index contributed by atoms with van der Waals surface area (Å²) >= 11 is 1.45. The standard InChI is InChI=1S/C23H20N4O2S/c1-15-9-10-20(30-15)23(29)26-19(16-6-3-2-4-7-16)12-18-13-21(28)27-22(25-18)17-8-5-11-24-14-17/h2-11,13-14,19H,12H2,1H3,(H,26,29)(H,25,27,28)/t19-/m0/s1. The van der Waals surface area contributed by atoms with Crippen LogP contribution in [-0.4, -0.2) is 20.9 Å². The first kappa shape index (κ1) is 19.7. The molecule has 0 aliphatic rings. The number of aryl methyl sites for hydroxylation is 1. The highest BCUT2D eigenvalue weighted by atomic mass is 32.1. The maximum atomic E-state index is 12.8. The molecule has 7 heteroatoms. The van der Waals surface area contributed by atoms with E-state index in [9.17, 15) is 9.59 Å². The number of pyridine rings is 1. The van der Waals surface area contributed by atoms with Crippen LogP contribution in [-0.2, 0) is 6.42 Å². The molecule has 2 N–H and O–H groups in total. The molecule has 0 radical (unpaired) electrons. The van der Waals surface area contributed by atoms with E-state index in [0.717, 1.165) is 16.0 Å². The molecule has 4 aromatic rings. The molecular formula is C23H20N4O2S. The van der Waals surface area contributed by atoms with Gasteiger partial charge in [-0.05, 0) is 36.8 Å². The number of hydrogen-bond acceptors (Lipinski definition) is 5. The normalized spacial score (nSPS) is 11.8. The van der Waals surface area contributed by atoms with Crippen LogP contribution in [0.4, 0.5) is 0 Å². The number of aromatic amines is 1. The SMILES string of the molecule is Cc1ccc(C(=O)N[C@@H](Cc2cc(=O)[nH]c(-c3cccnc3)n2)c2ccccc2)s1. The van der Waals surface area contributed by atoms with Crippen LogP contribution in [0, 0.1) is 6.92 Å². The van der Waals surface area contributed by atoms with Crippen molar-refractivity contribution >= 4 is 17.2 Å². The van der Waals surface area contributed by atoms with E-state index in [1.165, 1.54) is 17.4 Å². The van der Waals surface area contributed by atoms with Crippen LogP contribution < -0.4 is 10.9 Å². The van der Waals surface area contributed by atoms with Gasteiger partial charge in [0.25, 0.3) is 11.5 Å². The molecule has 0 unspecified atom stereocenters. The second-order valence-electron chi connectivity index (χ2n) is 6.88. The summed E-state index contributed by atoms with van der Waals surface area (Å²) in [5.41, 5.74) is 2.02. The summed E-state index contributed by atoms with van der Waals surface area (Å²) in [4.78, 5) is 38.2. The summed E-state index contributed by atoms with van der Waals surface area (Å²) in [5, 5.41) is 3.10. The van der Waals surface area contributed by atoms with Crippen molar-refractivity contribution in [2.24, 2.45) is 0 Å². The molecule has 0 aliphatic heterocycles. The van der Waals surface area contributed by atoms with E-state index in [1.807, 2.05) is 55.5 Å². The zero-order valence-electron chi connectivity index (χ0n) is 16.3. The summed E-state index contributed by atoms with van der Waals surface area (Å²) in [6.45, 7) is 1.97. The molecule has 3 aromatic heterocycles. The number of thiophene rings is 1. The first-order valence-corrected chi connectivity index (χ1v) is 10.3. The van der Waals surface area contributed by atoms with Gasteiger partial charge in [0.1, 0.15) is 5.82 Å². The number of benzene rings is 1. The largest absolute Gasteiger partial charge is 0.344 e. The fourth-order valence-corrected chi connectivity index (χ4v) is 3.96. The zero-order chi connectivity index (χ0) is 20.9. The zero-order valence-corrected chi connectivity index (χ0v) is 17.1. The molecule has 0 spiro atoms. The topological polar surface area (TPSA) is 87.7 Å². The molecule has 0 saturated carbocycles. The van der Waals surface area contributed by atoms with Crippen molar-refractivity contribution < 1.29 is 4.79 Å². The Labute approximate surface area is 177 Å². The van der Waals surface area contributed by atoms with E-state index >= 15 is 0 Å². The van der Waals surface area contributed by atoms with E-state index < -0.39 is 0 Å². The van der Waals surface area contributed by atoms with E-state index in [-0.39, 0.29) is 17.5 Å². The maximum Gasteiger partial charge on any atom is 0.261 e. The lowest BCUT2D eigenvalue weighted by atomic mass is 10.0.